The molecule has 0 atom stereocenters. The van der Waals surface area contributed by atoms with Crippen molar-refractivity contribution >= 4 is 11.9 Å². The van der Waals surface area contributed by atoms with Crippen LogP contribution >= 0.6 is 0 Å². The van der Waals surface area contributed by atoms with E-state index >= 15 is 0 Å². The van der Waals surface area contributed by atoms with Crippen molar-refractivity contribution in [2.24, 2.45) is 0 Å². The molecule has 2 rings (SSSR count). The zero-order chi connectivity index (χ0) is 17.0. The fourth-order valence-electron chi connectivity index (χ4n) is 3.43. The fraction of sp³-hybridized carbons (Fsp3) is 0.579. The Hall–Kier alpha value is -1.84. The topological polar surface area (TPSA) is 55.4 Å². The summed E-state index contributed by atoms with van der Waals surface area (Å²) in [6.45, 7) is 6.14. The van der Waals surface area contributed by atoms with Crippen LogP contribution in [0.2, 0.25) is 0 Å². The molecule has 0 radical (unpaired) electrons. The van der Waals surface area contributed by atoms with Crippen molar-refractivity contribution in [2.45, 2.75) is 64.8 Å². The van der Waals surface area contributed by atoms with E-state index in [0.29, 0.717) is 19.3 Å². The van der Waals surface area contributed by atoms with E-state index in [1.807, 2.05) is 13.8 Å². The van der Waals surface area contributed by atoms with E-state index in [-0.39, 0.29) is 11.9 Å². The van der Waals surface area contributed by atoms with Gasteiger partial charge in [-0.25, -0.2) is 4.79 Å². The number of benzene rings is 1. The van der Waals surface area contributed by atoms with E-state index in [0.717, 1.165) is 30.4 Å². The number of hydrogen-bond acceptors (Lipinski definition) is 3. The summed E-state index contributed by atoms with van der Waals surface area (Å²) >= 11 is 0. The first-order valence-corrected chi connectivity index (χ1v) is 8.34. The molecule has 0 spiro atoms. The minimum absolute atomic E-state index is 0.108. The van der Waals surface area contributed by atoms with Crippen LogP contribution in [0, 0.1) is 20.8 Å². The van der Waals surface area contributed by atoms with Gasteiger partial charge in [0.1, 0.15) is 5.54 Å². The van der Waals surface area contributed by atoms with E-state index in [1.165, 1.54) is 18.2 Å². The van der Waals surface area contributed by atoms with Gasteiger partial charge in [-0.3, -0.25) is 4.79 Å². The molecule has 1 aliphatic carbocycles. The number of ether oxygens (including phenoxy) is 1. The maximum atomic E-state index is 12.5. The van der Waals surface area contributed by atoms with E-state index in [1.54, 1.807) is 0 Å². The van der Waals surface area contributed by atoms with Crippen molar-refractivity contribution in [2.75, 3.05) is 7.11 Å². The zero-order valence-electron chi connectivity index (χ0n) is 14.6. The molecule has 1 amide bonds. The van der Waals surface area contributed by atoms with Crippen molar-refractivity contribution in [1.29, 1.82) is 0 Å². The van der Waals surface area contributed by atoms with Gasteiger partial charge in [-0.05, 0) is 55.9 Å². The van der Waals surface area contributed by atoms with Gasteiger partial charge in [0, 0.05) is 0 Å². The van der Waals surface area contributed by atoms with E-state index in [2.05, 4.69) is 24.4 Å². The molecule has 4 nitrogen and oxygen atoms in total. The van der Waals surface area contributed by atoms with Crippen LogP contribution in [0.1, 0.15) is 54.4 Å². The molecule has 0 aliphatic heterocycles. The summed E-state index contributed by atoms with van der Waals surface area (Å²) in [7, 11) is 1.39. The van der Waals surface area contributed by atoms with Gasteiger partial charge in [0.25, 0.3) is 0 Å². The number of carbonyl (C=O) groups is 2. The molecule has 126 valence electrons. The zero-order valence-corrected chi connectivity index (χ0v) is 14.6. The molecular formula is C19H27NO3. The van der Waals surface area contributed by atoms with Crippen LogP contribution < -0.4 is 5.32 Å². The molecule has 0 bridgehead atoms. The third-order valence-corrected chi connectivity index (χ3v) is 4.97. The first kappa shape index (κ1) is 17.5. The van der Waals surface area contributed by atoms with Gasteiger partial charge in [-0.15, -0.1) is 0 Å². The Morgan fingerprint density at radius 2 is 1.65 bits per heavy atom. The summed E-state index contributed by atoms with van der Waals surface area (Å²) in [6, 6.07) is 4.17. The summed E-state index contributed by atoms with van der Waals surface area (Å²) < 4.78 is 4.95. The van der Waals surface area contributed by atoms with Crippen molar-refractivity contribution in [1.82, 2.24) is 5.32 Å². The monoisotopic (exact) mass is 317 g/mol. The fourth-order valence-corrected chi connectivity index (χ4v) is 3.43. The van der Waals surface area contributed by atoms with Gasteiger partial charge in [-0.2, -0.15) is 0 Å². The molecule has 23 heavy (non-hydrogen) atoms. The molecule has 0 heterocycles. The number of rotatable bonds is 4. The van der Waals surface area contributed by atoms with Crippen LogP contribution in [0.25, 0.3) is 0 Å². The molecular weight excluding hydrogens is 290 g/mol. The highest BCUT2D eigenvalue weighted by Crippen LogP contribution is 2.29. The highest BCUT2D eigenvalue weighted by Gasteiger charge is 2.41. The lowest BCUT2D eigenvalue weighted by Crippen LogP contribution is -2.56. The molecule has 4 heteroatoms. The van der Waals surface area contributed by atoms with Gasteiger partial charge in [0.05, 0.1) is 13.5 Å². The number of aryl methyl sites for hydroxylation is 3. The highest BCUT2D eigenvalue weighted by atomic mass is 16.5. The van der Waals surface area contributed by atoms with Crippen LogP contribution in [0.5, 0.6) is 0 Å². The lowest BCUT2D eigenvalue weighted by atomic mass is 9.81. The van der Waals surface area contributed by atoms with Crippen molar-refractivity contribution in [3.63, 3.8) is 0 Å². The molecule has 1 aromatic carbocycles. The quantitative estimate of drug-likeness (QED) is 0.868. The summed E-state index contributed by atoms with van der Waals surface area (Å²) in [5.74, 6) is -0.425. The molecule has 0 saturated heterocycles. The van der Waals surface area contributed by atoms with Gasteiger partial charge < -0.3 is 10.1 Å². The number of methoxy groups -OCH3 is 1. The smallest absolute Gasteiger partial charge is 0.331 e. The highest BCUT2D eigenvalue weighted by molar-refractivity contribution is 5.89. The predicted octanol–water partition coefficient (Wildman–Crippen LogP) is 3.15. The number of esters is 1. The molecule has 1 aliphatic rings. The molecule has 0 unspecified atom stereocenters. The summed E-state index contributed by atoms with van der Waals surface area (Å²) in [4.78, 5) is 24.7. The van der Waals surface area contributed by atoms with Crippen molar-refractivity contribution in [3.8, 4) is 0 Å². The van der Waals surface area contributed by atoms with Crippen LogP contribution in [-0.2, 0) is 20.7 Å². The van der Waals surface area contributed by atoms with Crippen molar-refractivity contribution in [3.05, 3.63) is 34.4 Å². The summed E-state index contributed by atoms with van der Waals surface area (Å²) in [5, 5.41) is 2.98. The molecule has 1 saturated carbocycles. The Balaban J connectivity index is 2.14. The van der Waals surface area contributed by atoms with E-state index < -0.39 is 5.54 Å². The standard InChI is InChI=1S/C19H27NO3/c1-13-10-15(3)16(11-14(13)2)12-17(21)20-19(18(22)23-4)8-6-5-7-9-19/h10-11H,5-9,12H2,1-4H3,(H,20,21). The predicted molar refractivity (Wildman–Crippen MR) is 90.3 cm³/mol. The Morgan fingerprint density at radius 1 is 1.04 bits per heavy atom. The van der Waals surface area contributed by atoms with Gasteiger partial charge in [0.15, 0.2) is 0 Å². The average molecular weight is 317 g/mol. The number of nitrogens with one attached hydrogen (secondary N) is 1. The van der Waals surface area contributed by atoms with Crippen LogP contribution in [0.4, 0.5) is 0 Å². The molecule has 1 fully saturated rings. The molecule has 1 N–H and O–H groups in total. The van der Waals surface area contributed by atoms with E-state index in [4.69, 9.17) is 4.74 Å². The maximum Gasteiger partial charge on any atom is 0.331 e. The largest absolute Gasteiger partial charge is 0.467 e. The van der Waals surface area contributed by atoms with Gasteiger partial charge in [0.2, 0.25) is 5.91 Å². The Bertz CT molecular complexity index is 601. The first-order valence-electron chi connectivity index (χ1n) is 8.34. The normalized spacial score (nSPS) is 16.7. The summed E-state index contributed by atoms with van der Waals surface area (Å²) in [5.41, 5.74) is 3.70. The molecule has 0 aromatic heterocycles. The van der Waals surface area contributed by atoms with Gasteiger partial charge >= 0.3 is 5.97 Å². The van der Waals surface area contributed by atoms with Crippen LogP contribution in [0.3, 0.4) is 0 Å². The molecule has 1 aromatic rings. The van der Waals surface area contributed by atoms with Crippen molar-refractivity contribution < 1.29 is 14.3 Å². The number of amides is 1. The number of carbonyl (C=O) groups excluding carboxylic acids is 2. The SMILES string of the molecule is COC(=O)C1(NC(=O)Cc2cc(C)c(C)cc2C)CCCCC1. The lowest BCUT2D eigenvalue weighted by Gasteiger charge is -2.35. The Kier molecular flexibility index (Phi) is 5.45. The van der Waals surface area contributed by atoms with Crippen LogP contribution in [-0.4, -0.2) is 24.5 Å². The van der Waals surface area contributed by atoms with Gasteiger partial charge in [-0.1, -0.05) is 31.4 Å². The second-order valence-electron chi connectivity index (χ2n) is 6.72. The second-order valence-corrected chi connectivity index (χ2v) is 6.72. The summed E-state index contributed by atoms with van der Waals surface area (Å²) in [6.07, 6.45) is 4.61. The third-order valence-electron chi connectivity index (χ3n) is 4.97. The Labute approximate surface area is 138 Å². The maximum absolute atomic E-state index is 12.5. The number of hydrogen-bond donors (Lipinski definition) is 1. The Morgan fingerprint density at radius 3 is 2.26 bits per heavy atom. The third kappa shape index (κ3) is 3.92. The lowest BCUT2D eigenvalue weighted by molar-refractivity contribution is -0.152. The first-order chi connectivity index (χ1) is 10.9. The average Bonchev–Trinajstić information content (AvgIpc) is 2.52. The second kappa shape index (κ2) is 7.16. The van der Waals surface area contributed by atoms with Crippen LogP contribution in [0.15, 0.2) is 12.1 Å². The van der Waals surface area contributed by atoms with E-state index in [9.17, 15) is 9.59 Å². The minimum Gasteiger partial charge on any atom is -0.467 e. The minimum atomic E-state index is -0.836.